The molecule has 0 radical (unpaired) electrons. The number of pyridine rings is 1. The Kier molecular flexibility index (Phi) is 3.45. The van der Waals surface area contributed by atoms with Crippen molar-refractivity contribution in [1.82, 2.24) is 4.98 Å². The van der Waals surface area contributed by atoms with Crippen LogP contribution >= 0.6 is 15.9 Å². The van der Waals surface area contributed by atoms with Gasteiger partial charge in [0.1, 0.15) is 11.9 Å². The molecule has 1 aromatic carbocycles. The number of aromatic nitrogens is 1. The normalized spacial score (nSPS) is 12.4. The highest BCUT2D eigenvalue weighted by molar-refractivity contribution is 9.10. The Labute approximate surface area is 108 Å². The van der Waals surface area contributed by atoms with Gasteiger partial charge in [-0.05, 0) is 30.2 Å². The van der Waals surface area contributed by atoms with Gasteiger partial charge >= 0.3 is 0 Å². The van der Waals surface area contributed by atoms with Crippen LogP contribution in [0.2, 0.25) is 0 Å². The van der Waals surface area contributed by atoms with Crippen molar-refractivity contribution in [3.63, 3.8) is 0 Å². The Morgan fingerprint density at radius 2 is 2.06 bits per heavy atom. The van der Waals surface area contributed by atoms with Gasteiger partial charge in [-0.3, -0.25) is 0 Å². The summed E-state index contributed by atoms with van der Waals surface area (Å²) in [4.78, 5) is 3.98. The SMILES string of the molecule is Cc1ccc(C(O)c2cccnc2N)c(Br)c1. The molecule has 17 heavy (non-hydrogen) atoms. The van der Waals surface area contributed by atoms with Crippen LogP contribution < -0.4 is 5.73 Å². The van der Waals surface area contributed by atoms with Gasteiger partial charge in [0.15, 0.2) is 0 Å². The first-order chi connectivity index (χ1) is 8.09. The number of aliphatic hydroxyl groups excluding tert-OH is 1. The van der Waals surface area contributed by atoms with Crippen LogP contribution in [-0.4, -0.2) is 10.1 Å². The monoisotopic (exact) mass is 292 g/mol. The Morgan fingerprint density at radius 3 is 2.71 bits per heavy atom. The van der Waals surface area contributed by atoms with E-state index in [1.165, 1.54) is 0 Å². The predicted octanol–water partition coefficient (Wildman–Crippen LogP) is 2.82. The molecular weight excluding hydrogens is 280 g/mol. The third-order valence-electron chi connectivity index (χ3n) is 2.62. The summed E-state index contributed by atoms with van der Waals surface area (Å²) in [5, 5.41) is 10.3. The fourth-order valence-electron chi connectivity index (χ4n) is 1.68. The second kappa shape index (κ2) is 4.85. The second-order valence-corrected chi connectivity index (χ2v) is 4.76. The average molecular weight is 293 g/mol. The lowest BCUT2D eigenvalue weighted by Gasteiger charge is -2.15. The van der Waals surface area contributed by atoms with Crippen LogP contribution in [0.5, 0.6) is 0 Å². The van der Waals surface area contributed by atoms with Gasteiger partial charge in [-0.25, -0.2) is 4.98 Å². The molecular formula is C13H13BrN2O. The highest BCUT2D eigenvalue weighted by Gasteiger charge is 2.16. The molecule has 0 saturated heterocycles. The van der Waals surface area contributed by atoms with E-state index in [2.05, 4.69) is 20.9 Å². The zero-order chi connectivity index (χ0) is 12.4. The van der Waals surface area contributed by atoms with Gasteiger partial charge in [0.2, 0.25) is 0 Å². The molecule has 0 bridgehead atoms. The molecule has 88 valence electrons. The van der Waals surface area contributed by atoms with E-state index >= 15 is 0 Å². The zero-order valence-electron chi connectivity index (χ0n) is 9.39. The lowest BCUT2D eigenvalue weighted by Crippen LogP contribution is -2.05. The van der Waals surface area contributed by atoms with E-state index in [4.69, 9.17) is 5.73 Å². The molecule has 0 saturated carbocycles. The van der Waals surface area contributed by atoms with Crippen molar-refractivity contribution >= 4 is 21.7 Å². The van der Waals surface area contributed by atoms with E-state index in [9.17, 15) is 5.11 Å². The third-order valence-corrected chi connectivity index (χ3v) is 3.30. The second-order valence-electron chi connectivity index (χ2n) is 3.91. The van der Waals surface area contributed by atoms with Crippen molar-refractivity contribution in [2.75, 3.05) is 5.73 Å². The molecule has 1 unspecified atom stereocenters. The number of nitrogens with zero attached hydrogens (tertiary/aromatic N) is 1. The first-order valence-corrected chi connectivity index (χ1v) is 6.03. The van der Waals surface area contributed by atoms with E-state index in [0.717, 1.165) is 15.6 Å². The number of aryl methyl sites for hydroxylation is 1. The van der Waals surface area contributed by atoms with E-state index in [1.807, 2.05) is 25.1 Å². The molecule has 0 aliphatic carbocycles. The van der Waals surface area contributed by atoms with Crippen molar-refractivity contribution in [1.29, 1.82) is 0 Å². The predicted molar refractivity (Wildman–Crippen MR) is 71.6 cm³/mol. The van der Waals surface area contributed by atoms with E-state index in [1.54, 1.807) is 18.3 Å². The standard InChI is InChI=1S/C13H13BrN2O/c1-8-4-5-9(11(14)7-8)12(17)10-3-2-6-16-13(10)15/h2-7,12,17H,1H3,(H2,15,16). The van der Waals surface area contributed by atoms with Gasteiger partial charge in [-0.2, -0.15) is 0 Å². The molecule has 1 atom stereocenters. The minimum atomic E-state index is -0.765. The summed E-state index contributed by atoms with van der Waals surface area (Å²) in [5.41, 5.74) is 8.29. The van der Waals surface area contributed by atoms with Crippen molar-refractivity contribution in [3.05, 3.63) is 57.7 Å². The first kappa shape index (κ1) is 12.1. The number of rotatable bonds is 2. The summed E-state index contributed by atoms with van der Waals surface area (Å²) in [6.07, 6.45) is 0.842. The molecule has 2 rings (SSSR count). The van der Waals surface area contributed by atoms with E-state index in [0.29, 0.717) is 11.4 Å². The molecule has 0 aliphatic rings. The summed E-state index contributed by atoms with van der Waals surface area (Å²) in [6, 6.07) is 9.34. The smallest absolute Gasteiger partial charge is 0.129 e. The Balaban J connectivity index is 2.44. The number of nitrogens with two attached hydrogens (primary N) is 1. The minimum Gasteiger partial charge on any atom is -0.383 e. The summed E-state index contributed by atoms with van der Waals surface area (Å²) < 4.78 is 0.869. The lowest BCUT2D eigenvalue weighted by molar-refractivity contribution is 0.220. The number of aliphatic hydroxyl groups is 1. The number of hydrogen-bond acceptors (Lipinski definition) is 3. The Bertz CT molecular complexity index is 543. The van der Waals surface area contributed by atoms with Crippen LogP contribution in [0.4, 0.5) is 5.82 Å². The van der Waals surface area contributed by atoms with Crippen molar-refractivity contribution in [2.45, 2.75) is 13.0 Å². The lowest BCUT2D eigenvalue weighted by atomic mass is 10.0. The van der Waals surface area contributed by atoms with E-state index < -0.39 is 6.10 Å². The molecule has 1 aromatic heterocycles. The molecule has 1 heterocycles. The van der Waals surface area contributed by atoms with Gasteiger partial charge in [-0.1, -0.05) is 34.1 Å². The fraction of sp³-hybridized carbons (Fsp3) is 0.154. The number of nitrogen functional groups attached to an aromatic ring is 1. The topological polar surface area (TPSA) is 59.1 Å². The zero-order valence-corrected chi connectivity index (χ0v) is 11.0. The minimum absolute atomic E-state index is 0.354. The van der Waals surface area contributed by atoms with Crippen molar-refractivity contribution in [2.24, 2.45) is 0 Å². The van der Waals surface area contributed by atoms with Crippen LogP contribution in [-0.2, 0) is 0 Å². The number of benzene rings is 1. The Morgan fingerprint density at radius 1 is 1.29 bits per heavy atom. The number of anilines is 1. The highest BCUT2D eigenvalue weighted by Crippen LogP contribution is 2.31. The quantitative estimate of drug-likeness (QED) is 0.895. The first-order valence-electron chi connectivity index (χ1n) is 5.24. The maximum absolute atomic E-state index is 10.3. The van der Waals surface area contributed by atoms with Crippen LogP contribution in [0.3, 0.4) is 0 Å². The van der Waals surface area contributed by atoms with Crippen LogP contribution in [0.1, 0.15) is 22.8 Å². The molecule has 3 nitrogen and oxygen atoms in total. The summed E-state index contributed by atoms with van der Waals surface area (Å²) >= 11 is 3.45. The maximum atomic E-state index is 10.3. The largest absolute Gasteiger partial charge is 0.383 e. The van der Waals surface area contributed by atoms with Crippen LogP contribution in [0, 0.1) is 6.92 Å². The Hall–Kier alpha value is -1.39. The molecule has 4 heteroatoms. The average Bonchev–Trinajstić information content (AvgIpc) is 2.29. The molecule has 0 spiro atoms. The van der Waals surface area contributed by atoms with Crippen molar-refractivity contribution in [3.8, 4) is 0 Å². The van der Waals surface area contributed by atoms with Gasteiger partial charge < -0.3 is 10.8 Å². The molecule has 3 N–H and O–H groups in total. The summed E-state index contributed by atoms with van der Waals surface area (Å²) in [7, 11) is 0. The number of hydrogen-bond donors (Lipinski definition) is 2. The molecule has 0 fully saturated rings. The van der Waals surface area contributed by atoms with Gasteiger partial charge in [0, 0.05) is 16.2 Å². The summed E-state index contributed by atoms with van der Waals surface area (Å²) in [6.45, 7) is 2.00. The number of halogens is 1. The van der Waals surface area contributed by atoms with Gasteiger partial charge in [0.25, 0.3) is 0 Å². The van der Waals surface area contributed by atoms with Crippen LogP contribution in [0.15, 0.2) is 41.0 Å². The molecule has 0 aliphatic heterocycles. The van der Waals surface area contributed by atoms with E-state index in [-0.39, 0.29) is 0 Å². The third kappa shape index (κ3) is 2.48. The van der Waals surface area contributed by atoms with Gasteiger partial charge in [0.05, 0.1) is 0 Å². The molecule has 0 amide bonds. The fourth-order valence-corrected chi connectivity index (χ4v) is 2.39. The van der Waals surface area contributed by atoms with Crippen molar-refractivity contribution < 1.29 is 5.11 Å². The summed E-state index contributed by atoms with van der Waals surface area (Å²) in [5.74, 6) is 0.354. The maximum Gasteiger partial charge on any atom is 0.129 e. The highest BCUT2D eigenvalue weighted by atomic mass is 79.9. The van der Waals surface area contributed by atoms with Gasteiger partial charge in [-0.15, -0.1) is 0 Å². The van der Waals surface area contributed by atoms with Crippen LogP contribution in [0.25, 0.3) is 0 Å². The molecule has 2 aromatic rings.